The van der Waals surface area contributed by atoms with Gasteiger partial charge in [-0.3, -0.25) is 9.59 Å². The van der Waals surface area contributed by atoms with Crippen molar-refractivity contribution in [3.8, 4) is 0 Å². The lowest BCUT2D eigenvalue weighted by molar-refractivity contribution is -0.140. The van der Waals surface area contributed by atoms with Gasteiger partial charge in [0.05, 0.1) is 6.42 Å². The number of nitrogens with one attached hydrogen (secondary N) is 1. The minimum Gasteiger partial charge on any atom is -0.354 e. The molecule has 0 aliphatic heterocycles. The Morgan fingerprint density at radius 3 is 2.23 bits per heavy atom. The van der Waals surface area contributed by atoms with E-state index in [-0.39, 0.29) is 18.2 Å². The summed E-state index contributed by atoms with van der Waals surface area (Å²) in [6, 6.07) is 23.3. The average Bonchev–Trinajstić information content (AvgIpc) is 2.82. The van der Waals surface area contributed by atoms with Crippen LogP contribution in [-0.2, 0) is 29.0 Å². The van der Waals surface area contributed by atoms with Gasteiger partial charge in [-0.15, -0.1) is 0 Å². The van der Waals surface area contributed by atoms with Crippen LogP contribution < -0.4 is 5.32 Å². The van der Waals surface area contributed by atoms with Gasteiger partial charge in [-0.2, -0.15) is 0 Å². The fourth-order valence-corrected chi connectivity index (χ4v) is 4.44. The zero-order valence-electron chi connectivity index (χ0n) is 21.1. The fourth-order valence-electron chi connectivity index (χ4n) is 4.00. The molecule has 0 aromatic heterocycles. The van der Waals surface area contributed by atoms with Crippen LogP contribution in [0.3, 0.4) is 0 Å². The summed E-state index contributed by atoms with van der Waals surface area (Å²) < 4.78 is 0.945. The Morgan fingerprint density at radius 1 is 0.857 bits per heavy atom. The molecule has 0 saturated carbocycles. The van der Waals surface area contributed by atoms with E-state index in [1.165, 1.54) is 5.56 Å². The second kappa shape index (κ2) is 12.7. The van der Waals surface area contributed by atoms with Gasteiger partial charge in [0.1, 0.15) is 6.04 Å². The molecule has 3 rings (SSSR count). The molecular weight excluding hydrogens is 500 g/mol. The van der Waals surface area contributed by atoms with Crippen LogP contribution in [0.4, 0.5) is 0 Å². The molecule has 0 bridgehead atoms. The smallest absolute Gasteiger partial charge is 0.243 e. The van der Waals surface area contributed by atoms with E-state index in [0.29, 0.717) is 25.4 Å². The highest BCUT2D eigenvalue weighted by Gasteiger charge is 2.30. The Balaban J connectivity index is 1.96. The van der Waals surface area contributed by atoms with Crippen molar-refractivity contribution in [2.75, 3.05) is 6.54 Å². The summed E-state index contributed by atoms with van der Waals surface area (Å²) in [6.07, 6.45) is 0.704. The quantitative estimate of drug-likeness (QED) is 0.345. The Labute approximate surface area is 217 Å². The highest BCUT2D eigenvalue weighted by molar-refractivity contribution is 9.10. The number of carbonyl (C=O) groups excluding carboxylic acids is 2. The lowest BCUT2D eigenvalue weighted by atomic mass is 10.00. The third-order valence-electron chi connectivity index (χ3n) is 6.12. The number of carbonyl (C=O) groups is 2. The molecule has 4 nitrogen and oxygen atoms in total. The van der Waals surface area contributed by atoms with Crippen LogP contribution in [0.2, 0.25) is 0 Å². The van der Waals surface area contributed by atoms with E-state index in [0.717, 1.165) is 26.7 Å². The van der Waals surface area contributed by atoms with E-state index in [1.807, 2.05) is 66.7 Å². The first-order valence-electron chi connectivity index (χ1n) is 12.1. The highest BCUT2D eigenvalue weighted by Crippen LogP contribution is 2.20. The van der Waals surface area contributed by atoms with Crippen molar-refractivity contribution in [1.29, 1.82) is 0 Å². The number of aryl methyl sites for hydroxylation is 2. The summed E-state index contributed by atoms with van der Waals surface area (Å²) in [5.41, 5.74) is 5.31. The Kier molecular flexibility index (Phi) is 9.67. The Hall–Kier alpha value is -2.92. The van der Waals surface area contributed by atoms with E-state index in [4.69, 9.17) is 0 Å². The van der Waals surface area contributed by atoms with Crippen molar-refractivity contribution >= 4 is 27.7 Å². The van der Waals surface area contributed by atoms with Gasteiger partial charge < -0.3 is 10.2 Å². The Morgan fingerprint density at radius 2 is 1.57 bits per heavy atom. The van der Waals surface area contributed by atoms with Gasteiger partial charge in [0.25, 0.3) is 0 Å². The number of amides is 2. The molecule has 35 heavy (non-hydrogen) atoms. The maximum Gasteiger partial charge on any atom is 0.243 e. The molecule has 2 amide bonds. The molecule has 1 N–H and O–H groups in total. The van der Waals surface area contributed by atoms with Gasteiger partial charge in [0.15, 0.2) is 0 Å². The Bertz CT molecular complexity index is 1140. The monoisotopic (exact) mass is 534 g/mol. The number of hydrogen-bond acceptors (Lipinski definition) is 2. The summed E-state index contributed by atoms with van der Waals surface area (Å²) in [7, 11) is 0. The zero-order chi connectivity index (χ0) is 25.4. The largest absolute Gasteiger partial charge is 0.354 e. The van der Waals surface area contributed by atoms with Gasteiger partial charge in [0, 0.05) is 24.0 Å². The molecule has 3 aromatic rings. The van der Waals surface area contributed by atoms with Gasteiger partial charge in [0.2, 0.25) is 11.8 Å². The lowest BCUT2D eigenvalue weighted by Crippen LogP contribution is -2.51. The third kappa shape index (κ3) is 8.07. The van der Waals surface area contributed by atoms with Crippen molar-refractivity contribution in [1.82, 2.24) is 10.2 Å². The molecule has 0 unspecified atom stereocenters. The SMILES string of the molecule is Cc1ccc(CC(=O)N(Cc2cccc(Br)c2)[C@H](Cc2ccccc2)C(=O)NCC(C)C)cc1C. The second-order valence-electron chi connectivity index (χ2n) is 9.59. The lowest BCUT2D eigenvalue weighted by Gasteiger charge is -2.32. The maximum atomic E-state index is 13.8. The minimum absolute atomic E-state index is 0.0612. The number of halogens is 1. The third-order valence-corrected chi connectivity index (χ3v) is 6.62. The summed E-state index contributed by atoms with van der Waals surface area (Å²) in [5, 5.41) is 3.07. The molecule has 184 valence electrons. The van der Waals surface area contributed by atoms with Crippen LogP contribution in [-0.4, -0.2) is 29.3 Å². The average molecular weight is 536 g/mol. The standard InChI is InChI=1S/C30H35BrN2O2/c1-21(2)19-32-30(35)28(17-24-9-6-5-7-10-24)33(20-26-11-8-12-27(31)16-26)29(34)18-25-14-13-22(3)23(4)15-25/h5-16,21,28H,17-20H2,1-4H3,(H,32,35)/t28-/m1/s1. The topological polar surface area (TPSA) is 49.4 Å². The molecule has 0 radical (unpaired) electrons. The first kappa shape index (κ1) is 26.7. The summed E-state index contributed by atoms with van der Waals surface area (Å²) >= 11 is 3.54. The molecule has 0 fully saturated rings. The highest BCUT2D eigenvalue weighted by atomic mass is 79.9. The molecule has 0 aliphatic carbocycles. The van der Waals surface area contributed by atoms with Crippen LogP contribution in [0, 0.1) is 19.8 Å². The summed E-state index contributed by atoms with van der Waals surface area (Å²) in [5.74, 6) is 0.140. The minimum atomic E-state index is -0.617. The summed E-state index contributed by atoms with van der Waals surface area (Å²) in [4.78, 5) is 29.0. The predicted molar refractivity (Wildman–Crippen MR) is 146 cm³/mol. The van der Waals surface area contributed by atoms with Gasteiger partial charge >= 0.3 is 0 Å². The van der Waals surface area contributed by atoms with Crippen LogP contribution in [0.15, 0.2) is 77.3 Å². The van der Waals surface area contributed by atoms with E-state index < -0.39 is 6.04 Å². The van der Waals surface area contributed by atoms with Crippen molar-refractivity contribution in [2.24, 2.45) is 5.92 Å². The predicted octanol–water partition coefficient (Wildman–Crippen LogP) is 6.02. The molecular formula is C30H35BrN2O2. The van der Waals surface area contributed by atoms with Crippen molar-refractivity contribution in [3.05, 3.63) is 105 Å². The van der Waals surface area contributed by atoms with E-state index in [2.05, 4.69) is 55.0 Å². The van der Waals surface area contributed by atoms with Crippen molar-refractivity contribution in [3.63, 3.8) is 0 Å². The molecule has 0 saturated heterocycles. The number of rotatable bonds is 10. The summed E-state index contributed by atoms with van der Waals surface area (Å²) in [6.45, 7) is 9.18. The van der Waals surface area contributed by atoms with Crippen molar-refractivity contribution in [2.45, 2.75) is 53.1 Å². The van der Waals surface area contributed by atoms with Crippen LogP contribution in [0.25, 0.3) is 0 Å². The van der Waals surface area contributed by atoms with Crippen LogP contribution in [0.5, 0.6) is 0 Å². The molecule has 5 heteroatoms. The molecule has 0 heterocycles. The maximum absolute atomic E-state index is 13.8. The van der Waals surface area contributed by atoms with Gasteiger partial charge in [-0.05, 0) is 59.7 Å². The first-order chi connectivity index (χ1) is 16.7. The molecule has 0 aliphatic rings. The van der Waals surface area contributed by atoms with Crippen LogP contribution >= 0.6 is 15.9 Å². The second-order valence-corrected chi connectivity index (χ2v) is 10.5. The number of nitrogens with zero attached hydrogens (tertiary/aromatic N) is 1. The molecule has 3 aromatic carbocycles. The number of hydrogen-bond donors (Lipinski definition) is 1. The molecule has 1 atom stereocenters. The molecule has 0 spiro atoms. The number of benzene rings is 3. The van der Waals surface area contributed by atoms with E-state index >= 15 is 0 Å². The fraction of sp³-hybridized carbons (Fsp3) is 0.333. The van der Waals surface area contributed by atoms with E-state index in [9.17, 15) is 9.59 Å². The van der Waals surface area contributed by atoms with Crippen molar-refractivity contribution < 1.29 is 9.59 Å². The van der Waals surface area contributed by atoms with Gasteiger partial charge in [-0.25, -0.2) is 0 Å². The van der Waals surface area contributed by atoms with Crippen LogP contribution in [0.1, 0.15) is 41.7 Å². The van der Waals surface area contributed by atoms with E-state index in [1.54, 1.807) is 4.90 Å². The first-order valence-corrected chi connectivity index (χ1v) is 12.9. The van der Waals surface area contributed by atoms with Gasteiger partial charge in [-0.1, -0.05) is 90.4 Å². The zero-order valence-corrected chi connectivity index (χ0v) is 22.6. The normalized spacial score (nSPS) is 11.8.